The fraction of sp³-hybridized carbons (Fsp3) is 0.500. The summed E-state index contributed by atoms with van der Waals surface area (Å²) in [5.41, 5.74) is 4.62. The normalized spacial score (nSPS) is 23.6. The molecule has 6 rings (SSSR count). The second kappa shape index (κ2) is 10.9. The third-order valence-corrected chi connectivity index (χ3v) is 8.39. The van der Waals surface area contributed by atoms with Crippen molar-refractivity contribution in [3.8, 4) is 12.1 Å². The van der Waals surface area contributed by atoms with Gasteiger partial charge in [0.05, 0.1) is 24.7 Å². The van der Waals surface area contributed by atoms with Gasteiger partial charge in [-0.15, -0.1) is 0 Å². The van der Waals surface area contributed by atoms with Gasteiger partial charge in [-0.25, -0.2) is 4.39 Å². The second-order valence-corrected chi connectivity index (χ2v) is 11.1. The van der Waals surface area contributed by atoms with Crippen LogP contribution >= 0.6 is 0 Å². The first-order valence-corrected chi connectivity index (χ1v) is 14.0. The van der Waals surface area contributed by atoms with E-state index in [2.05, 4.69) is 64.5 Å². The zero-order valence-corrected chi connectivity index (χ0v) is 22.7. The van der Waals surface area contributed by atoms with Crippen LogP contribution in [-0.4, -0.2) is 79.5 Å². The molecule has 0 aliphatic carbocycles. The molecular weight excluding hydrogens is 493 g/mol. The van der Waals surface area contributed by atoms with Gasteiger partial charge in [-0.1, -0.05) is 30.3 Å². The number of likely N-dealkylation sites (tertiary alicyclic amines) is 1. The van der Waals surface area contributed by atoms with E-state index in [0.29, 0.717) is 38.5 Å². The van der Waals surface area contributed by atoms with Crippen LogP contribution in [0.5, 0.6) is 6.01 Å². The molecule has 39 heavy (non-hydrogen) atoms. The highest BCUT2D eigenvalue weighted by Crippen LogP contribution is 2.35. The lowest BCUT2D eigenvalue weighted by atomic mass is 9.99. The van der Waals surface area contributed by atoms with E-state index >= 15 is 0 Å². The standard InChI is InChI=1S/C30H36FN7O/c1-20-5-3-6-21-7-4-8-27(28(20)21)37-13-10-25-26(18-37)34-30(39-19-24-15-22(31)16-36(24)2)35-29(25)38-14-12-33-23(17-38)9-11-32/h3-8,22-24,33H,9-10,12-19H2,1-2H3/t22-,23+,24-/m1/s1. The Bertz CT molecular complexity index is 1390. The molecule has 3 aromatic rings. The van der Waals surface area contributed by atoms with Gasteiger partial charge in [-0.3, -0.25) is 4.90 Å². The third kappa shape index (κ3) is 5.23. The number of hydrogen-bond donors (Lipinski definition) is 1. The third-order valence-electron chi connectivity index (χ3n) is 8.39. The Morgan fingerprint density at radius 3 is 2.77 bits per heavy atom. The molecule has 0 spiro atoms. The van der Waals surface area contributed by atoms with E-state index in [4.69, 9.17) is 14.7 Å². The molecule has 8 nitrogen and oxygen atoms in total. The van der Waals surface area contributed by atoms with Crippen molar-refractivity contribution in [3.63, 3.8) is 0 Å². The molecule has 204 valence electrons. The van der Waals surface area contributed by atoms with E-state index in [1.165, 1.54) is 22.0 Å². The molecular formula is C30H36FN7O. The summed E-state index contributed by atoms with van der Waals surface area (Å²) in [6.07, 6.45) is 0.935. The molecule has 2 fully saturated rings. The van der Waals surface area contributed by atoms with Gasteiger partial charge in [0.1, 0.15) is 18.6 Å². The van der Waals surface area contributed by atoms with Crippen molar-refractivity contribution < 1.29 is 9.13 Å². The molecule has 0 saturated carbocycles. The molecule has 3 atom stereocenters. The molecule has 2 saturated heterocycles. The quantitative estimate of drug-likeness (QED) is 0.519. The highest BCUT2D eigenvalue weighted by Gasteiger charge is 2.32. The number of alkyl halides is 1. The molecule has 4 heterocycles. The Morgan fingerprint density at radius 2 is 1.97 bits per heavy atom. The zero-order valence-electron chi connectivity index (χ0n) is 22.7. The van der Waals surface area contributed by atoms with Crippen LogP contribution in [0.4, 0.5) is 15.9 Å². The predicted octanol–water partition coefficient (Wildman–Crippen LogP) is 3.61. The first-order valence-electron chi connectivity index (χ1n) is 14.0. The Labute approximate surface area is 229 Å². The number of fused-ring (bicyclic) bond motifs is 2. The number of benzene rings is 2. The lowest BCUT2D eigenvalue weighted by molar-refractivity contribution is 0.187. The summed E-state index contributed by atoms with van der Waals surface area (Å²) in [5, 5.41) is 15.2. The first-order chi connectivity index (χ1) is 19.0. The molecule has 0 bridgehead atoms. The SMILES string of the molecule is Cc1cccc2cccc(N3CCc4c(nc(OC[C@H]5C[C@@H](F)CN5C)nc4N4CCN[C@@H](CC#N)C4)C3)c12. The van der Waals surface area contributed by atoms with Gasteiger partial charge in [0.2, 0.25) is 0 Å². The van der Waals surface area contributed by atoms with Crippen molar-refractivity contribution in [1.82, 2.24) is 20.2 Å². The summed E-state index contributed by atoms with van der Waals surface area (Å²) >= 11 is 0. The van der Waals surface area contributed by atoms with Crippen LogP contribution in [0.15, 0.2) is 36.4 Å². The van der Waals surface area contributed by atoms with Gasteiger partial charge < -0.3 is 19.9 Å². The van der Waals surface area contributed by atoms with Crippen LogP contribution in [0.3, 0.4) is 0 Å². The number of likely N-dealkylation sites (N-methyl/N-ethyl adjacent to an activating group) is 1. The van der Waals surface area contributed by atoms with Crippen molar-refractivity contribution in [1.29, 1.82) is 5.26 Å². The van der Waals surface area contributed by atoms with Crippen LogP contribution < -0.4 is 19.9 Å². The van der Waals surface area contributed by atoms with Crippen LogP contribution in [0.1, 0.15) is 29.7 Å². The summed E-state index contributed by atoms with van der Waals surface area (Å²) in [7, 11) is 1.94. The van der Waals surface area contributed by atoms with E-state index in [1.807, 2.05) is 11.9 Å². The number of nitrogens with zero attached hydrogens (tertiary/aromatic N) is 6. The predicted molar refractivity (Wildman–Crippen MR) is 151 cm³/mol. The topological polar surface area (TPSA) is 80.6 Å². The van der Waals surface area contributed by atoms with Crippen molar-refractivity contribution in [2.75, 3.05) is 56.2 Å². The van der Waals surface area contributed by atoms with Crippen LogP contribution in [0.2, 0.25) is 0 Å². The van der Waals surface area contributed by atoms with Gasteiger partial charge >= 0.3 is 6.01 Å². The molecule has 0 radical (unpaired) electrons. The lowest BCUT2D eigenvalue weighted by Crippen LogP contribution is -2.51. The van der Waals surface area contributed by atoms with Crippen molar-refractivity contribution >= 4 is 22.3 Å². The minimum Gasteiger partial charge on any atom is -0.462 e. The van der Waals surface area contributed by atoms with E-state index in [1.54, 1.807) is 0 Å². The molecule has 3 aliphatic rings. The van der Waals surface area contributed by atoms with Crippen molar-refractivity contribution in [3.05, 3.63) is 53.2 Å². The number of rotatable bonds is 6. The molecule has 9 heteroatoms. The molecule has 0 unspecified atom stereocenters. The number of aryl methyl sites for hydroxylation is 1. The second-order valence-electron chi connectivity index (χ2n) is 11.1. The zero-order chi connectivity index (χ0) is 26.9. The fourth-order valence-corrected chi connectivity index (χ4v) is 6.33. The minimum absolute atomic E-state index is 0.0115. The van der Waals surface area contributed by atoms with E-state index in [-0.39, 0.29) is 12.1 Å². The molecule has 1 aromatic heterocycles. The Kier molecular flexibility index (Phi) is 7.24. The smallest absolute Gasteiger partial charge is 0.318 e. The van der Waals surface area contributed by atoms with E-state index in [0.717, 1.165) is 49.7 Å². The van der Waals surface area contributed by atoms with E-state index in [9.17, 15) is 9.65 Å². The van der Waals surface area contributed by atoms with E-state index < -0.39 is 6.17 Å². The van der Waals surface area contributed by atoms with Crippen LogP contribution in [0, 0.1) is 18.3 Å². The summed E-state index contributed by atoms with van der Waals surface area (Å²) < 4.78 is 20.1. The monoisotopic (exact) mass is 529 g/mol. The first kappa shape index (κ1) is 25.8. The molecule has 3 aliphatic heterocycles. The maximum Gasteiger partial charge on any atom is 0.318 e. The Morgan fingerprint density at radius 1 is 1.13 bits per heavy atom. The summed E-state index contributed by atoms with van der Waals surface area (Å²) in [6, 6.07) is 15.7. The number of nitrogens with one attached hydrogen (secondary N) is 1. The van der Waals surface area contributed by atoms with Gasteiger partial charge in [0.25, 0.3) is 0 Å². The maximum atomic E-state index is 14.0. The van der Waals surface area contributed by atoms with Crippen molar-refractivity contribution in [2.24, 2.45) is 0 Å². The van der Waals surface area contributed by atoms with Gasteiger partial charge in [0, 0.05) is 61.4 Å². The lowest BCUT2D eigenvalue weighted by Gasteiger charge is -2.37. The van der Waals surface area contributed by atoms with Crippen LogP contribution in [0.25, 0.3) is 10.8 Å². The molecule has 2 aromatic carbocycles. The maximum absolute atomic E-state index is 14.0. The summed E-state index contributed by atoms with van der Waals surface area (Å²) in [5.74, 6) is 0.913. The number of hydrogen-bond acceptors (Lipinski definition) is 8. The minimum atomic E-state index is -0.820. The summed E-state index contributed by atoms with van der Waals surface area (Å²) in [6.45, 7) is 6.83. The number of anilines is 2. The van der Waals surface area contributed by atoms with Gasteiger partial charge in [0.15, 0.2) is 0 Å². The average molecular weight is 530 g/mol. The number of nitriles is 1. The van der Waals surface area contributed by atoms with Gasteiger partial charge in [-0.2, -0.15) is 15.2 Å². The fourth-order valence-electron chi connectivity index (χ4n) is 6.33. The number of halogens is 1. The number of piperazine rings is 1. The van der Waals surface area contributed by atoms with Crippen molar-refractivity contribution in [2.45, 2.75) is 51.0 Å². The Balaban J connectivity index is 1.33. The van der Waals surface area contributed by atoms with Crippen LogP contribution in [-0.2, 0) is 13.0 Å². The highest BCUT2D eigenvalue weighted by molar-refractivity contribution is 5.97. The molecule has 1 N–H and O–H groups in total. The summed E-state index contributed by atoms with van der Waals surface area (Å²) in [4.78, 5) is 16.5. The highest BCUT2D eigenvalue weighted by atomic mass is 19.1. The largest absolute Gasteiger partial charge is 0.462 e. The number of aromatic nitrogens is 2. The Hall–Kier alpha value is -3.48. The number of ether oxygens (including phenoxy) is 1. The van der Waals surface area contributed by atoms with Gasteiger partial charge in [-0.05, 0) is 43.8 Å². The molecule has 0 amide bonds. The average Bonchev–Trinajstić information content (AvgIpc) is 3.27.